The van der Waals surface area contributed by atoms with Crippen LogP contribution in [-0.4, -0.2) is 52.9 Å². The number of hydrogen-bond donors (Lipinski definition) is 1. The van der Waals surface area contributed by atoms with Gasteiger partial charge in [0, 0.05) is 18.8 Å². The maximum atomic E-state index is 12.6. The van der Waals surface area contributed by atoms with E-state index in [-0.39, 0.29) is 4.90 Å². The molecule has 0 aliphatic carbocycles. The largest absolute Gasteiger partial charge is 0.325 e. The van der Waals surface area contributed by atoms with Crippen molar-refractivity contribution in [1.29, 1.82) is 0 Å². The van der Waals surface area contributed by atoms with Crippen LogP contribution in [0.3, 0.4) is 0 Å². The number of benzene rings is 2. The normalized spacial score (nSPS) is 12.1. The Kier molecular flexibility index (Phi) is 7.85. The number of amides is 1. The van der Waals surface area contributed by atoms with Gasteiger partial charge in [0.1, 0.15) is 6.54 Å². The van der Waals surface area contributed by atoms with Crippen LogP contribution in [0, 0.1) is 13.8 Å². The number of carbonyl (C=O) groups excluding carboxylic acids is 1. The molecule has 1 N–H and O–H groups in total. The van der Waals surface area contributed by atoms with Crippen LogP contribution in [0.2, 0.25) is 0 Å². The lowest BCUT2D eigenvalue weighted by Crippen LogP contribution is -2.38. The van der Waals surface area contributed by atoms with Crippen molar-refractivity contribution in [3.05, 3.63) is 53.6 Å². The maximum Gasteiger partial charge on any atom is 0.245 e. The van der Waals surface area contributed by atoms with Crippen LogP contribution in [0.1, 0.15) is 25.0 Å². The predicted octanol–water partition coefficient (Wildman–Crippen LogP) is 2.74. The number of rotatable bonds is 9. The van der Waals surface area contributed by atoms with Gasteiger partial charge < -0.3 is 5.32 Å². The highest BCUT2D eigenvalue weighted by Crippen LogP contribution is 2.25. The van der Waals surface area contributed by atoms with Crippen LogP contribution in [0.5, 0.6) is 0 Å². The summed E-state index contributed by atoms with van der Waals surface area (Å²) in [6, 6.07) is 11.1. The molecule has 10 heteroatoms. The number of nitrogens with zero attached hydrogens (tertiary/aromatic N) is 2. The van der Waals surface area contributed by atoms with E-state index in [1.807, 2.05) is 13.0 Å². The maximum absolute atomic E-state index is 12.6. The van der Waals surface area contributed by atoms with Crippen molar-refractivity contribution in [2.75, 3.05) is 35.5 Å². The SMILES string of the molecule is CCN(CC)S(=O)(=O)c1ccc(NC(=O)CN(c2cccc(C)c2C)S(C)(=O)=O)cc1. The lowest BCUT2D eigenvalue weighted by atomic mass is 10.1. The highest BCUT2D eigenvalue weighted by atomic mass is 32.2. The first-order valence-electron chi connectivity index (χ1n) is 9.85. The van der Waals surface area contributed by atoms with Gasteiger partial charge in [-0.1, -0.05) is 26.0 Å². The van der Waals surface area contributed by atoms with Gasteiger partial charge in [-0.3, -0.25) is 9.10 Å². The summed E-state index contributed by atoms with van der Waals surface area (Å²) in [5.41, 5.74) is 2.50. The molecule has 31 heavy (non-hydrogen) atoms. The van der Waals surface area contributed by atoms with Gasteiger partial charge in [0.15, 0.2) is 0 Å². The summed E-state index contributed by atoms with van der Waals surface area (Å²) >= 11 is 0. The lowest BCUT2D eigenvalue weighted by molar-refractivity contribution is -0.114. The molecule has 0 bridgehead atoms. The van der Waals surface area contributed by atoms with Crippen molar-refractivity contribution < 1.29 is 21.6 Å². The quantitative estimate of drug-likeness (QED) is 0.611. The second-order valence-electron chi connectivity index (χ2n) is 7.15. The second-order valence-corrected chi connectivity index (χ2v) is 11.0. The molecule has 0 spiro atoms. The molecule has 2 rings (SSSR count). The van der Waals surface area contributed by atoms with E-state index in [1.165, 1.54) is 28.6 Å². The molecule has 0 atom stereocenters. The van der Waals surface area contributed by atoms with Crippen LogP contribution in [0.4, 0.5) is 11.4 Å². The topological polar surface area (TPSA) is 104 Å². The van der Waals surface area contributed by atoms with E-state index in [2.05, 4.69) is 5.32 Å². The summed E-state index contributed by atoms with van der Waals surface area (Å²) in [4.78, 5) is 12.7. The average Bonchev–Trinajstić information content (AvgIpc) is 2.69. The zero-order valence-corrected chi connectivity index (χ0v) is 20.0. The van der Waals surface area contributed by atoms with Gasteiger partial charge in [0.2, 0.25) is 26.0 Å². The van der Waals surface area contributed by atoms with E-state index in [4.69, 9.17) is 0 Å². The first kappa shape index (κ1) is 24.8. The molecule has 0 aliphatic rings. The Balaban J connectivity index is 2.21. The summed E-state index contributed by atoms with van der Waals surface area (Å²) in [7, 11) is -7.29. The Hall–Kier alpha value is -2.43. The van der Waals surface area contributed by atoms with Crippen LogP contribution in [-0.2, 0) is 24.8 Å². The molecule has 0 aliphatic heterocycles. The Morgan fingerprint density at radius 2 is 1.52 bits per heavy atom. The highest BCUT2D eigenvalue weighted by Gasteiger charge is 2.24. The van der Waals surface area contributed by atoms with Gasteiger partial charge in [-0.05, 0) is 55.3 Å². The minimum Gasteiger partial charge on any atom is -0.325 e. The van der Waals surface area contributed by atoms with E-state index in [0.717, 1.165) is 21.7 Å². The molecule has 2 aromatic rings. The van der Waals surface area contributed by atoms with E-state index >= 15 is 0 Å². The Morgan fingerprint density at radius 1 is 0.935 bits per heavy atom. The number of aryl methyl sites for hydroxylation is 1. The summed E-state index contributed by atoms with van der Waals surface area (Å²) in [5.74, 6) is -0.536. The molecule has 170 valence electrons. The summed E-state index contributed by atoms with van der Waals surface area (Å²) in [5, 5.41) is 2.63. The van der Waals surface area contributed by atoms with Gasteiger partial charge in [-0.2, -0.15) is 4.31 Å². The van der Waals surface area contributed by atoms with Crippen molar-refractivity contribution >= 4 is 37.3 Å². The van der Waals surface area contributed by atoms with Crippen molar-refractivity contribution in [1.82, 2.24) is 4.31 Å². The van der Waals surface area contributed by atoms with Gasteiger partial charge in [-0.25, -0.2) is 16.8 Å². The van der Waals surface area contributed by atoms with Gasteiger partial charge >= 0.3 is 0 Å². The van der Waals surface area contributed by atoms with E-state index in [1.54, 1.807) is 32.9 Å². The lowest BCUT2D eigenvalue weighted by Gasteiger charge is -2.24. The molecular weight excluding hydrogens is 438 g/mol. The fraction of sp³-hybridized carbons (Fsp3) is 0.381. The molecule has 0 saturated carbocycles. The third-order valence-electron chi connectivity index (χ3n) is 5.01. The standard InChI is InChI=1S/C21H29N3O5S2/c1-6-23(7-2)31(28,29)19-13-11-18(12-14-19)22-21(25)15-24(30(5,26)27)20-10-8-9-16(3)17(20)4/h8-14H,6-7,15H2,1-5H3,(H,22,25). The number of nitrogens with one attached hydrogen (secondary N) is 1. The Morgan fingerprint density at radius 3 is 2.03 bits per heavy atom. The molecule has 8 nitrogen and oxygen atoms in total. The number of sulfonamides is 2. The fourth-order valence-corrected chi connectivity index (χ4v) is 5.51. The fourth-order valence-electron chi connectivity index (χ4n) is 3.14. The van der Waals surface area contributed by atoms with Gasteiger partial charge in [0.05, 0.1) is 16.8 Å². The van der Waals surface area contributed by atoms with Crippen LogP contribution >= 0.6 is 0 Å². The van der Waals surface area contributed by atoms with E-state index < -0.39 is 32.5 Å². The van der Waals surface area contributed by atoms with Gasteiger partial charge in [0.25, 0.3) is 0 Å². The van der Waals surface area contributed by atoms with Crippen molar-refractivity contribution in [3.8, 4) is 0 Å². The smallest absolute Gasteiger partial charge is 0.245 e. The monoisotopic (exact) mass is 467 g/mol. The molecule has 1 amide bonds. The third-order valence-corrected chi connectivity index (χ3v) is 8.20. The van der Waals surface area contributed by atoms with Crippen molar-refractivity contribution in [2.45, 2.75) is 32.6 Å². The highest BCUT2D eigenvalue weighted by molar-refractivity contribution is 7.92. The van der Waals surface area contributed by atoms with E-state index in [9.17, 15) is 21.6 Å². The summed E-state index contributed by atoms with van der Waals surface area (Å²) in [6.45, 7) is 7.51. The van der Waals surface area contributed by atoms with E-state index in [0.29, 0.717) is 24.5 Å². The van der Waals surface area contributed by atoms with Crippen molar-refractivity contribution in [2.24, 2.45) is 0 Å². The minimum atomic E-state index is -3.70. The second kappa shape index (κ2) is 9.80. The average molecular weight is 468 g/mol. The molecule has 0 heterocycles. The number of hydrogen-bond acceptors (Lipinski definition) is 5. The van der Waals surface area contributed by atoms with Gasteiger partial charge in [-0.15, -0.1) is 0 Å². The number of anilines is 2. The first-order chi connectivity index (χ1) is 14.4. The molecule has 0 unspecified atom stereocenters. The molecule has 0 radical (unpaired) electrons. The molecule has 0 fully saturated rings. The predicted molar refractivity (Wildman–Crippen MR) is 123 cm³/mol. The molecular formula is C21H29N3O5S2. The zero-order chi connectivity index (χ0) is 23.4. The Labute approximate surface area is 185 Å². The summed E-state index contributed by atoms with van der Waals surface area (Å²) < 4.78 is 52.2. The minimum absolute atomic E-state index is 0.127. The van der Waals surface area contributed by atoms with Crippen LogP contribution in [0.25, 0.3) is 0 Å². The van der Waals surface area contributed by atoms with Crippen molar-refractivity contribution in [3.63, 3.8) is 0 Å². The molecule has 0 aromatic heterocycles. The van der Waals surface area contributed by atoms with Crippen LogP contribution < -0.4 is 9.62 Å². The summed E-state index contributed by atoms with van der Waals surface area (Å²) in [6.07, 6.45) is 1.05. The van der Waals surface area contributed by atoms with Crippen LogP contribution in [0.15, 0.2) is 47.4 Å². The number of carbonyl (C=O) groups is 1. The molecule has 2 aromatic carbocycles. The zero-order valence-electron chi connectivity index (χ0n) is 18.4. The molecule has 0 saturated heterocycles. The first-order valence-corrected chi connectivity index (χ1v) is 13.1. The third kappa shape index (κ3) is 5.84. The Bertz CT molecular complexity index is 1140.